The summed E-state index contributed by atoms with van der Waals surface area (Å²) in [7, 11) is 1.56. The van der Waals surface area contributed by atoms with E-state index in [1.54, 1.807) is 19.4 Å². The van der Waals surface area contributed by atoms with Gasteiger partial charge in [-0.2, -0.15) is 0 Å². The number of aromatic nitrogens is 1. The Labute approximate surface area is 125 Å². The van der Waals surface area contributed by atoms with Crippen molar-refractivity contribution in [1.82, 2.24) is 4.98 Å². The van der Waals surface area contributed by atoms with Crippen molar-refractivity contribution in [1.29, 1.82) is 0 Å². The molecule has 1 saturated carbocycles. The number of rotatable bonds is 3. The molecule has 0 radical (unpaired) electrons. The summed E-state index contributed by atoms with van der Waals surface area (Å²) in [6.45, 7) is 0.693. The Bertz CT molecular complexity index is 503. The van der Waals surface area contributed by atoms with E-state index in [1.165, 1.54) is 19.3 Å². The SMILES string of the molecule is COc1ncccc1C(=O)C1CCOC2(CCCCC2)C1. The van der Waals surface area contributed by atoms with Gasteiger partial charge in [-0.3, -0.25) is 4.79 Å². The van der Waals surface area contributed by atoms with Gasteiger partial charge >= 0.3 is 0 Å². The Kier molecular flexibility index (Phi) is 4.24. The second-order valence-electron chi connectivity index (χ2n) is 6.21. The zero-order valence-electron chi connectivity index (χ0n) is 12.6. The van der Waals surface area contributed by atoms with Crippen molar-refractivity contribution in [3.05, 3.63) is 23.9 Å². The highest BCUT2D eigenvalue weighted by atomic mass is 16.5. The molecule has 1 saturated heterocycles. The normalized spacial score (nSPS) is 24.7. The maximum Gasteiger partial charge on any atom is 0.224 e. The smallest absolute Gasteiger partial charge is 0.224 e. The first-order chi connectivity index (χ1) is 10.2. The summed E-state index contributed by atoms with van der Waals surface area (Å²) < 4.78 is 11.3. The summed E-state index contributed by atoms with van der Waals surface area (Å²) in [6.07, 6.45) is 9.24. The number of ketones is 1. The van der Waals surface area contributed by atoms with Crippen molar-refractivity contribution >= 4 is 5.78 Å². The summed E-state index contributed by atoms with van der Waals surface area (Å²) in [5.41, 5.74) is 0.560. The lowest BCUT2D eigenvalue weighted by molar-refractivity contribution is -0.111. The average molecular weight is 289 g/mol. The maximum absolute atomic E-state index is 12.8. The minimum atomic E-state index is -0.0493. The molecule has 1 aliphatic carbocycles. The number of Topliss-reactive ketones (excluding diaryl/α,β-unsaturated/α-hetero) is 1. The topological polar surface area (TPSA) is 48.4 Å². The molecular formula is C17H23NO3. The monoisotopic (exact) mass is 289 g/mol. The summed E-state index contributed by atoms with van der Waals surface area (Å²) >= 11 is 0. The second-order valence-corrected chi connectivity index (χ2v) is 6.21. The summed E-state index contributed by atoms with van der Waals surface area (Å²) in [5.74, 6) is 0.634. The van der Waals surface area contributed by atoms with E-state index in [2.05, 4.69) is 4.98 Å². The van der Waals surface area contributed by atoms with Crippen LogP contribution in [0.25, 0.3) is 0 Å². The molecule has 1 aliphatic heterocycles. The molecule has 2 fully saturated rings. The van der Waals surface area contributed by atoms with Crippen LogP contribution < -0.4 is 4.74 Å². The Morgan fingerprint density at radius 2 is 2.19 bits per heavy atom. The quantitative estimate of drug-likeness (QED) is 0.800. The lowest BCUT2D eigenvalue weighted by Gasteiger charge is -2.43. The predicted molar refractivity (Wildman–Crippen MR) is 79.6 cm³/mol. The molecule has 1 unspecified atom stereocenters. The molecule has 0 bridgehead atoms. The minimum Gasteiger partial charge on any atom is -0.480 e. The average Bonchev–Trinajstić information content (AvgIpc) is 2.55. The third-order valence-corrected chi connectivity index (χ3v) is 4.86. The Balaban J connectivity index is 1.78. The standard InChI is InChI=1S/C17H23NO3/c1-20-16-14(6-5-10-18-16)15(19)13-7-11-21-17(12-13)8-3-2-4-9-17/h5-6,10,13H,2-4,7-9,11-12H2,1H3. The van der Waals surface area contributed by atoms with Crippen LogP contribution in [0.1, 0.15) is 55.3 Å². The van der Waals surface area contributed by atoms with Gasteiger partial charge in [-0.15, -0.1) is 0 Å². The van der Waals surface area contributed by atoms with Crippen LogP contribution >= 0.6 is 0 Å². The highest BCUT2D eigenvalue weighted by Crippen LogP contribution is 2.41. The maximum atomic E-state index is 12.8. The third kappa shape index (κ3) is 2.95. The van der Waals surface area contributed by atoms with Crippen molar-refractivity contribution in [3.63, 3.8) is 0 Å². The fourth-order valence-corrected chi connectivity index (χ4v) is 3.76. The molecular weight excluding hydrogens is 266 g/mol. The van der Waals surface area contributed by atoms with Crippen LogP contribution in [0.3, 0.4) is 0 Å². The van der Waals surface area contributed by atoms with Gasteiger partial charge in [0.2, 0.25) is 5.88 Å². The molecule has 1 aromatic rings. The van der Waals surface area contributed by atoms with Gasteiger partial charge in [-0.1, -0.05) is 19.3 Å². The van der Waals surface area contributed by atoms with Gasteiger partial charge in [0.15, 0.2) is 5.78 Å². The third-order valence-electron chi connectivity index (χ3n) is 4.86. The van der Waals surface area contributed by atoms with E-state index in [0.717, 1.165) is 25.7 Å². The van der Waals surface area contributed by atoms with Crippen molar-refractivity contribution in [3.8, 4) is 5.88 Å². The first-order valence-electron chi connectivity index (χ1n) is 7.91. The molecule has 0 aromatic carbocycles. The van der Waals surface area contributed by atoms with Gasteiger partial charge in [0.1, 0.15) is 0 Å². The number of ether oxygens (including phenoxy) is 2. The molecule has 3 rings (SSSR count). The molecule has 1 spiro atoms. The van der Waals surface area contributed by atoms with Crippen molar-refractivity contribution in [2.24, 2.45) is 5.92 Å². The van der Waals surface area contributed by atoms with Gasteiger partial charge in [0.25, 0.3) is 0 Å². The van der Waals surface area contributed by atoms with Gasteiger partial charge in [-0.05, 0) is 37.8 Å². The predicted octanol–water partition coefficient (Wildman–Crippen LogP) is 3.40. The molecule has 1 aromatic heterocycles. The van der Waals surface area contributed by atoms with Crippen LogP contribution in [0.2, 0.25) is 0 Å². The first kappa shape index (κ1) is 14.5. The summed E-state index contributed by atoms with van der Waals surface area (Å²) in [4.78, 5) is 17.0. The van der Waals surface area contributed by atoms with Crippen LogP contribution in [0.15, 0.2) is 18.3 Å². The van der Waals surface area contributed by atoms with E-state index in [1.807, 2.05) is 6.07 Å². The van der Waals surface area contributed by atoms with Gasteiger partial charge in [-0.25, -0.2) is 4.98 Å². The number of nitrogens with zero attached hydrogens (tertiary/aromatic N) is 1. The first-order valence-corrected chi connectivity index (χ1v) is 7.91. The summed E-state index contributed by atoms with van der Waals surface area (Å²) in [6, 6.07) is 3.61. The van der Waals surface area contributed by atoms with E-state index < -0.39 is 0 Å². The number of hydrogen-bond donors (Lipinski definition) is 0. The Morgan fingerprint density at radius 1 is 1.38 bits per heavy atom. The van der Waals surface area contributed by atoms with E-state index >= 15 is 0 Å². The van der Waals surface area contributed by atoms with Crippen molar-refractivity contribution in [2.75, 3.05) is 13.7 Å². The molecule has 0 N–H and O–H groups in total. The highest BCUT2D eigenvalue weighted by molar-refractivity contribution is 5.99. The Hall–Kier alpha value is -1.42. The van der Waals surface area contributed by atoms with Crippen LogP contribution in [-0.4, -0.2) is 30.1 Å². The van der Waals surface area contributed by atoms with Crippen LogP contribution in [0.5, 0.6) is 5.88 Å². The molecule has 21 heavy (non-hydrogen) atoms. The fraction of sp³-hybridized carbons (Fsp3) is 0.647. The zero-order valence-corrected chi connectivity index (χ0v) is 12.6. The number of pyridine rings is 1. The van der Waals surface area contributed by atoms with E-state index in [9.17, 15) is 4.79 Å². The van der Waals surface area contributed by atoms with Crippen molar-refractivity contribution < 1.29 is 14.3 Å². The second kappa shape index (κ2) is 6.14. The van der Waals surface area contributed by atoms with Gasteiger partial charge < -0.3 is 9.47 Å². The Morgan fingerprint density at radius 3 is 2.95 bits per heavy atom. The number of carbonyl (C=O) groups is 1. The van der Waals surface area contributed by atoms with Crippen LogP contribution in [0.4, 0.5) is 0 Å². The number of hydrogen-bond acceptors (Lipinski definition) is 4. The number of methoxy groups -OCH3 is 1. The van der Waals surface area contributed by atoms with E-state index in [0.29, 0.717) is 18.1 Å². The lowest BCUT2D eigenvalue weighted by atomic mass is 9.74. The molecule has 2 heterocycles. The summed E-state index contributed by atoms with van der Waals surface area (Å²) in [5, 5.41) is 0. The number of carbonyl (C=O) groups excluding carboxylic acids is 1. The zero-order chi connectivity index (χ0) is 14.7. The highest BCUT2D eigenvalue weighted by Gasteiger charge is 2.41. The molecule has 4 nitrogen and oxygen atoms in total. The van der Waals surface area contributed by atoms with Gasteiger partial charge in [0.05, 0.1) is 18.3 Å². The van der Waals surface area contributed by atoms with Crippen LogP contribution in [0, 0.1) is 5.92 Å². The van der Waals surface area contributed by atoms with Crippen LogP contribution in [-0.2, 0) is 4.74 Å². The minimum absolute atomic E-state index is 0.0370. The molecule has 114 valence electrons. The van der Waals surface area contributed by atoms with E-state index in [-0.39, 0.29) is 17.3 Å². The fourth-order valence-electron chi connectivity index (χ4n) is 3.76. The molecule has 4 heteroatoms. The largest absolute Gasteiger partial charge is 0.480 e. The molecule has 1 atom stereocenters. The molecule has 2 aliphatic rings. The van der Waals surface area contributed by atoms with E-state index in [4.69, 9.17) is 9.47 Å². The lowest BCUT2D eigenvalue weighted by Crippen LogP contribution is -2.43. The van der Waals surface area contributed by atoms with Crippen molar-refractivity contribution in [2.45, 2.75) is 50.5 Å². The van der Waals surface area contributed by atoms with Gasteiger partial charge in [0, 0.05) is 18.7 Å². The molecule has 0 amide bonds.